The number of benzene rings is 1. The molecule has 2 rings (SSSR count). The molecule has 1 heterocycles. The van der Waals surface area contributed by atoms with E-state index in [0.29, 0.717) is 5.56 Å². The summed E-state index contributed by atoms with van der Waals surface area (Å²) in [5.74, 6) is 0.0503. The van der Waals surface area contributed by atoms with Crippen LogP contribution in [0.4, 0.5) is 0 Å². The van der Waals surface area contributed by atoms with Gasteiger partial charge in [0.1, 0.15) is 0 Å². The molecule has 0 bridgehead atoms. The largest absolute Gasteiger partial charge is 0.504 e. The lowest BCUT2D eigenvalue weighted by Gasteiger charge is -2.24. The lowest BCUT2D eigenvalue weighted by molar-refractivity contribution is 0.368. The van der Waals surface area contributed by atoms with Crippen molar-refractivity contribution in [2.24, 2.45) is 0 Å². The number of phenols is 2. The van der Waals surface area contributed by atoms with E-state index in [-0.39, 0.29) is 17.5 Å². The highest BCUT2D eigenvalue weighted by Gasteiger charge is 2.20. The zero-order valence-corrected chi connectivity index (χ0v) is 8.95. The van der Waals surface area contributed by atoms with Gasteiger partial charge in [0.2, 0.25) is 0 Å². The molecule has 1 aromatic carbocycles. The Kier molecular flexibility index (Phi) is 2.82. The van der Waals surface area contributed by atoms with E-state index >= 15 is 0 Å². The molecule has 1 unspecified atom stereocenters. The SMILES string of the molecule is Cc1ccc(C2CCCCN2)c(O)c1O. The molecule has 1 fully saturated rings. The van der Waals surface area contributed by atoms with Crippen LogP contribution in [0.25, 0.3) is 0 Å². The van der Waals surface area contributed by atoms with Crippen molar-refractivity contribution in [1.82, 2.24) is 5.32 Å². The summed E-state index contributed by atoms with van der Waals surface area (Å²) in [5, 5.41) is 22.8. The van der Waals surface area contributed by atoms with Crippen LogP contribution < -0.4 is 5.32 Å². The Morgan fingerprint density at radius 1 is 1.20 bits per heavy atom. The minimum Gasteiger partial charge on any atom is -0.504 e. The number of aromatic hydroxyl groups is 2. The van der Waals surface area contributed by atoms with Gasteiger partial charge in [-0.25, -0.2) is 0 Å². The van der Waals surface area contributed by atoms with E-state index in [9.17, 15) is 10.2 Å². The highest BCUT2D eigenvalue weighted by Crippen LogP contribution is 2.37. The van der Waals surface area contributed by atoms with Crippen molar-refractivity contribution < 1.29 is 10.2 Å². The summed E-state index contributed by atoms with van der Waals surface area (Å²) < 4.78 is 0. The predicted octanol–water partition coefficient (Wildman–Crippen LogP) is 2.22. The number of hydrogen-bond acceptors (Lipinski definition) is 3. The van der Waals surface area contributed by atoms with Crippen LogP contribution in [0, 0.1) is 6.92 Å². The standard InChI is InChI=1S/C12H17NO2/c1-8-5-6-9(12(15)11(8)14)10-4-2-3-7-13-10/h5-6,10,13-15H,2-4,7H2,1H3. The first-order valence-electron chi connectivity index (χ1n) is 5.45. The maximum Gasteiger partial charge on any atom is 0.162 e. The third kappa shape index (κ3) is 1.92. The maximum absolute atomic E-state index is 9.84. The quantitative estimate of drug-likeness (QED) is 0.619. The van der Waals surface area contributed by atoms with Crippen LogP contribution in [0.2, 0.25) is 0 Å². The second-order valence-electron chi connectivity index (χ2n) is 4.17. The third-order valence-corrected chi connectivity index (χ3v) is 3.07. The zero-order chi connectivity index (χ0) is 10.8. The maximum atomic E-state index is 9.84. The number of rotatable bonds is 1. The summed E-state index contributed by atoms with van der Waals surface area (Å²) in [4.78, 5) is 0. The van der Waals surface area contributed by atoms with E-state index in [1.54, 1.807) is 6.92 Å². The summed E-state index contributed by atoms with van der Waals surface area (Å²) in [7, 11) is 0. The molecular formula is C12H17NO2. The minimum absolute atomic E-state index is 0.0138. The molecule has 3 heteroatoms. The van der Waals surface area contributed by atoms with Crippen LogP contribution in [-0.4, -0.2) is 16.8 Å². The Morgan fingerprint density at radius 3 is 2.67 bits per heavy atom. The first-order valence-corrected chi connectivity index (χ1v) is 5.45. The monoisotopic (exact) mass is 207 g/mol. The normalized spacial score (nSPS) is 21.5. The average molecular weight is 207 g/mol. The molecule has 0 amide bonds. The van der Waals surface area contributed by atoms with Gasteiger partial charge in [-0.15, -0.1) is 0 Å². The first-order chi connectivity index (χ1) is 7.20. The molecule has 1 atom stereocenters. The average Bonchev–Trinajstić information content (AvgIpc) is 2.27. The fourth-order valence-corrected chi connectivity index (χ4v) is 2.09. The van der Waals surface area contributed by atoms with Gasteiger partial charge in [-0.3, -0.25) is 0 Å². The van der Waals surface area contributed by atoms with E-state index in [4.69, 9.17) is 0 Å². The first kappa shape index (κ1) is 10.3. The number of hydrogen-bond donors (Lipinski definition) is 3. The van der Waals surface area contributed by atoms with Gasteiger partial charge in [0.05, 0.1) is 0 Å². The highest BCUT2D eigenvalue weighted by molar-refractivity contribution is 5.50. The molecule has 15 heavy (non-hydrogen) atoms. The molecule has 0 aliphatic carbocycles. The zero-order valence-electron chi connectivity index (χ0n) is 8.95. The predicted molar refractivity (Wildman–Crippen MR) is 59.1 cm³/mol. The van der Waals surface area contributed by atoms with Gasteiger partial charge in [-0.2, -0.15) is 0 Å². The van der Waals surface area contributed by atoms with E-state index in [0.717, 1.165) is 18.5 Å². The summed E-state index contributed by atoms with van der Waals surface area (Å²) in [5.41, 5.74) is 1.53. The van der Waals surface area contributed by atoms with Gasteiger partial charge in [0.25, 0.3) is 0 Å². The Hall–Kier alpha value is -1.22. The van der Waals surface area contributed by atoms with E-state index in [1.165, 1.54) is 12.8 Å². The van der Waals surface area contributed by atoms with Crippen molar-refractivity contribution >= 4 is 0 Å². The Morgan fingerprint density at radius 2 is 2.00 bits per heavy atom. The van der Waals surface area contributed by atoms with Crippen molar-refractivity contribution in [2.75, 3.05) is 6.54 Å². The number of phenolic OH excluding ortho intramolecular Hbond substituents is 2. The van der Waals surface area contributed by atoms with Crippen molar-refractivity contribution in [3.8, 4) is 11.5 Å². The second-order valence-corrected chi connectivity index (χ2v) is 4.17. The van der Waals surface area contributed by atoms with E-state index in [2.05, 4.69) is 5.32 Å². The summed E-state index contributed by atoms with van der Waals surface area (Å²) >= 11 is 0. The highest BCUT2D eigenvalue weighted by atomic mass is 16.3. The molecule has 1 aliphatic heterocycles. The van der Waals surface area contributed by atoms with Crippen molar-refractivity contribution in [1.29, 1.82) is 0 Å². The molecule has 1 aromatic rings. The topological polar surface area (TPSA) is 52.5 Å². The number of nitrogens with one attached hydrogen (secondary N) is 1. The molecule has 1 saturated heterocycles. The molecule has 0 radical (unpaired) electrons. The summed E-state index contributed by atoms with van der Waals surface area (Å²) in [6.07, 6.45) is 3.39. The summed E-state index contributed by atoms with van der Waals surface area (Å²) in [6.45, 7) is 2.77. The Labute approximate surface area is 89.8 Å². The minimum atomic E-state index is 0.0138. The van der Waals surface area contributed by atoms with Crippen LogP contribution in [0.5, 0.6) is 11.5 Å². The van der Waals surface area contributed by atoms with Crippen molar-refractivity contribution in [3.63, 3.8) is 0 Å². The van der Waals surface area contributed by atoms with Gasteiger partial charge >= 0.3 is 0 Å². The van der Waals surface area contributed by atoms with Crippen LogP contribution in [0.1, 0.15) is 36.4 Å². The molecule has 0 saturated carbocycles. The van der Waals surface area contributed by atoms with Crippen LogP contribution in [-0.2, 0) is 0 Å². The molecule has 0 spiro atoms. The number of piperidine rings is 1. The lowest BCUT2D eigenvalue weighted by Crippen LogP contribution is -2.26. The molecule has 82 valence electrons. The second kappa shape index (κ2) is 4.11. The molecule has 3 N–H and O–H groups in total. The third-order valence-electron chi connectivity index (χ3n) is 3.07. The summed E-state index contributed by atoms with van der Waals surface area (Å²) in [6, 6.07) is 3.93. The van der Waals surface area contributed by atoms with Crippen LogP contribution in [0.15, 0.2) is 12.1 Å². The van der Waals surface area contributed by atoms with Gasteiger partial charge in [-0.05, 0) is 31.9 Å². The van der Waals surface area contributed by atoms with Crippen LogP contribution in [0.3, 0.4) is 0 Å². The van der Waals surface area contributed by atoms with E-state index in [1.807, 2.05) is 12.1 Å². The lowest BCUT2D eigenvalue weighted by atomic mass is 9.95. The van der Waals surface area contributed by atoms with Gasteiger partial charge in [0, 0.05) is 11.6 Å². The molecule has 1 aliphatic rings. The van der Waals surface area contributed by atoms with Gasteiger partial charge < -0.3 is 15.5 Å². The number of aryl methyl sites for hydroxylation is 1. The smallest absolute Gasteiger partial charge is 0.162 e. The van der Waals surface area contributed by atoms with Crippen molar-refractivity contribution in [2.45, 2.75) is 32.2 Å². The van der Waals surface area contributed by atoms with Crippen molar-refractivity contribution in [3.05, 3.63) is 23.3 Å². The molecular weight excluding hydrogens is 190 g/mol. The molecule has 0 aromatic heterocycles. The van der Waals surface area contributed by atoms with Gasteiger partial charge in [0.15, 0.2) is 11.5 Å². The Bertz CT molecular complexity index is 357. The van der Waals surface area contributed by atoms with Gasteiger partial charge in [-0.1, -0.05) is 18.6 Å². The van der Waals surface area contributed by atoms with Crippen LogP contribution >= 0.6 is 0 Å². The molecule has 3 nitrogen and oxygen atoms in total. The van der Waals surface area contributed by atoms with E-state index < -0.39 is 0 Å². The fourth-order valence-electron chi connectivity index (χ4n) is 2.09. The Balaban J connectivity index is 2.31. The fraction of sp³-hybridized carbons (Fsp3) is 0.500.